The van der Waals surface area contributed by atoms with Gasteiger partial charge in [-0.3, -0.25) is 0 Å². The van der Waals surface area contributed by atoms with Crippen LogP contribution in [0.2, 0.25) is 0 Å². The van der Waals surface area contributed by atoms with Crippen LogP contribution in [0.1, 0.15) is 31.1 Å². The van der Waals surface area contributed by atoms with Gasteiger partial charge in [0.15, 0.2) is 0 Å². The molecule has 1 aromatic heterocycles. The van der Waals surface area contributed by atoms with E-state index < -0.39 is 0 Å². The summed E-state index contributed by atoms with van der Waals surface area (Å²) >= 11 is 3.34. The lowest BCUT2D eigenvalue weighted by Gasteiger charge is -2.35. The van der Waals surface area contributed by atoms with Crippen molar-refractivity contribution in [3.63, 3.8) is 0 Å². The lowest BCUT2D eigenvalue weighted by Crippen LogP contribution is -2.41. The predicted molar refractivity (Wildman–Crippen MR) is 91.8 cm³/mol. The molecule has 1 saturated heterocycles. The van der Waals surface area contributed by atoms with E-state index in [1.54, 1.807) is 0 Å². The van der Waals surface area contributed by atoms with E-state index in [0.717, 1.165) is 22.7 Å². The Morgan fingerprint density at radius 2 is 2.00 bits per heavy atom. The smallest absolute Gasteiger partial charge is 0.149 e. The van der Waals surface area contributed by atoms with Crippen LogP contribution in [0.25, 0.3) is 0 Å². The molecule has 2 heterocycles. The molecule has 0 spiro atoms. The summed E-state index contributed by atoms with van der Waals surface area (Å²) in [6.07, 6.45) is 4.73. The van der Waals surface area contributed by atoms with Gasteiger partial charge in [0, 0.05) is 18.5 Å². The van der Waals surface area contributed by atoms with E-state index in [2.05, 4.69) is 63.2 Å². The molecule has 1 fully saturated rings. The average Bonchev–Trinajstić information content (AvgIpc) is 2.94. The van der Waals surface area contributed by atoms with Gasteiger partial charge in [-0.2, -0.15) is 0 Å². The van der Waals surface area contributed by atoms with Crippen LogP contribution in [0.15, 0.2) is 45.5 Å². The quantitative estimate of drug-likeness (QED) is 0.792. The third-order valence-electron chi connectivity index (χ3n) is 4.67. The fourth-order valence-electron chi connectivity index (χ4n) is 3.35. The van der Waals surface area contributed by atoms with Gasteiger partial charge in [-0.05, 0) is 66.7 Å². The van der Waals surface area contributed by atoms with Gasteiger partial charge in [-0.1, -0.05) is 35.5 Å². The van der Waals surface area contributed by atoms with Crippen LogP contribution in [0.4, 0.5) is 0 Å². The van der Waals surface area contributed by atoms with Crippen molar-refractivity contribution in [2.24, 2.45) is 5.92 Å². The summed E-state index contributed by atoms with van der Waals surface area (Å²) in [5.74, 6) is 1.79. The lowest BCUT2D eigenvalue weighted by molar-refractivity contribution is 0.135. The molecule has 118 valence electrons. The Hall–Kier alpha value is -1.13. The van der Waals surface area contributed by atoms with E-state index in [9.17, 15) is 0 Å². The van der Waals surface area contributed by atoms with Gasteiger partial charge in [-0.15, -0.1) is 0 Å². The average molecular weight is 363 g/mol. The minimum atomic E-state index is 0.512. The van der Waals surface area contributed by atoms with E-state index >= 15 is 0 Å². The van der Waals surface area contributed by atoms with Crippen molar-refractivity contribution in [1.82, 2.24) is 10.1 Å². The number of hydrogen-bond acceptors (Lipinski definition) is 3. The molecule has 22 heavy (non-hydrogen) atoms. The lowest BCUT2D eigenvalue weighted by atomic mass is 9.89. The number of piperidine rings is 1. The molecule has 3 rings (SSSR count). The van der Waals surface area contributed by atoms with Crippen molar-refractivity contribution in [3.8, 4) is 0 Å². The molecular formula is C18H23BrN2O. The van der Waals surface area contributed by atoms with Gasteiger partial charge in [-0.25, -0.2) is 0 Å². The van der Waals surface area contributed by atoms with Gasteiger partial charge in [0.05, 0.1) is 0 Å². The standard InChI is InChI=1S/C18H23BrN2O/c1-14(11-17-13-18(19)20-22-17)21-9-7-16(8-10-21)12-15-5-3-2-4-6-15/h2-6,13-14,16H,7-12H2,1H3. The number of aromatic nitrogens is 1. The first-order valence-corrected chi connectivity index (χ1v) is 8.89. The highest BCUT2D eigenvalue weighted by Gasteiger charge is 2.23. The fraction of sp³-hybridized carbons (Fsp3) is 0.500. The molecule has 1 aliphatic rings. The zero-order valence-corrected chi connectivity index (χ0v) is 14.6. The molecular weight excluding hydrogens is 340 g/mol. The van der Waals surface area contributed by atoms with Gasteiger partial charge in [0.1, 0.15) is 10.4 Å². The van der Waals surface area contributed by atoms with E-state index in [1.807, 2.05) is 6.07 Å². The maximum Gasteiger partial charge on any atom is 0.149 e. The van der Waals surface area contributed by atoms with Crippen LogP contribution in [0.5, 0.6) is 0 Å². The molecule has 4 heteroatoms. The normalized spacial score (nSPS) is 18.5. The summed E-state index contributed by atoms with van der Waals surface area (Å²) < 4.78 is 6.09. The number of benzene rings is 1. The van der Waals surface area contributed by atoms with E-state index in [4.69, 9.17) is 4.52 Å². The second kappa shape index (κ2) is 7.42. The van der Waals surface area contributed by atoms with Gasteiger partial charge >= 0.3 is 0 Å². The first kappa shape index (κ1) is 15.8. The largest absolute Gasteiger partial charge is 0.360 e. The number of nitrogens with zero attached hydrogens (tertiary/aromatic N) is 2. The number of hydrogen-bond donors (Lipinski definition) is 0. The molecule has 1 aliphatic heterocycles. The summed E-state index contributed by atoms with van der Waals surface area (Å²) in [7, 11) is 0. The Bertz CT molecular complexity index is 576. The molecule has 0 aliphatic carbocycles. The first-order chi connectivity index (χ1) is 10.7. The first-order valence-electron chi connectivity index (χ1n) is 8.10. The molecule has 1 aromatic carbocycles. The molecule has 1 atom stereocenters. The summed E-state index contributed by atoms with van der Waals surface area (Å²) in [5.41, 5.74) is 1.47. The van der Waals surface area contributed by atoms with E-state index in [-0.39, 0.29) is 0 Å². The SMILES string of the molecule is CC(Cc1cc(Br)no1)N1CCC(Cc2ccccc2)CC1. The molecule has 0 bridgehead atoms. The minimum absolute atomic E-state index is 0.512. The van der Waals surface area contributed by atoms with Crippen molar-refractivity contribution in [2.45, 2.75) is 38.6 Å². The minimum Gasteiger partial charge on any atom is -0.360 e. The van der Waals surface area contributed by atoms with Crippen molar-refractivity contribution in [3.05, 3.63) is 52.3 Å². The number of halogens is 1. The van der Waals surface area contributed by atoms with Gasteiger partial charge in [0.25, 0.3) is 0 Å². The second-order valence-electron chi connectivity index (χ2n) is 6.34. The Labute approximate surface area is 140 Å². The number of likely N-dealkylation sites (tertiary alicyclic amines) is 1. The van der Waals surface area contributed by atoms with Crippen molar-refractivity contribution < 1.29 is 4.52 Å². The van der Waals surface area contributed by atoms with Crippen LogP contribution >= 0.6 is 15.9 Å². The Morgan fingerprint density at radius 3 is 2.64 bits per heavy atom. The second-order valence-corrected chi connectivity index (χ2v) is 7.15. The molecule has 0 radical (unpaired) electrons. The summed E-state index contributed by atoms with van der Waals surface area (Å²) in [6.45, 7) is 4.66. The summed E-state index contributed by atoms with van der Waals surface area (Å²) in [5, 5.41) is 3.90. The molecule has 3 nitrogen and oxygen atoms in total. The van der Waals surface area contributed by atoms with Crippen molar-refractivity contribution in [1.29, 1.82) is 0 Å². The van der Waals surface area contributed by atoms with Crippen LogP contribution in [0, 0.1) is 5.92 Å². The molecule has 0 amide bonds. The van der Waals surface area contributed by atoms with E-state index in [0.29, 0.717) is 6.04 Å². The van der Waals surface area contributed by atoms with E-state index in [1.165, 1.54) is 37.9 Å². The van der Waals surface area contributed by atoms with Crippen LogP contribution in [-0.2, 0) is 12.8 Å². The Kier molecular flexibility index (Phi) is 5.32. The molecule has 0 N–H and O–H groups in total. The molecule has 2 aromatic rings. The highest BCUT2D eigenvalue weighted by Crippen LogP contribution is 2.24. The fourth-order valence-corrected chi connectivity index (χ4v) is 3.68. The predicted octanol–water partition coefficient (Wildman–Crippen LogP) is 4.32. The van der Waals surface area contributed by atoms with Crippen LogP contribution in [0.3, 0.4) is 0 Å². The van der Waals surface area contributed by atoms with Crippen molar-refractivity contribution in [2.75, 3.05) is 13.1 Å². The zero-order valence-electron chi connectivity index (χ0n) is 13.0. The zero-order chi connectivity index (χ0) is 15.4. The maximum atomic E-state index is 5.30. The molecule has 1 unspecified atom stereocenters. The maximum absolute atomic E-state index is 5.30. The molecule has 0 saturated carbocycles. The Morgan fingerprint density at radius 1 is 1.27 bits per heavy atom. The summed E-state index contributed by atoms with van der Waals surface area (Å²) in [4.78, 5) is 2.58. The van der Waals surface area contributed by atoms with Crippen LogP contribution in [-0.4, -0.2) is 29.2 Å². The highest BCUT2D eigenvalue weighted by molar-refractivity contribution is 9.10. The Balaban J connectivity index is 1.47. The third-order valence-corrected chi connectivity index (χ3v) is 5.04. The summed E-state index contributed by atoms with van der Waals surface area (Å²) in [6, 6.07) is 13.4. The van der Waals surface area contributed by atoms with Crippen LogP contribution < -0.4 is 0 Å². The van der Waals surface area contributed by atoms with Crippen molar-refractivity contribution >= 4 is 15.9 Å². The number of rotatable bonds is 5. The highest BCUT2D eigenvalue weighted by atomic mass is 79.9. The third kappa shape index (κ3) is 4.20. The topological polar surface area (TPSA) is 29.3 Å². The monoisotopic (exact) mass is 362 g/mol. The van der Waals surface area contributed by atoms with Gasteiger partial charge < -0.3 is 9.42 Å². The van der Waals surface area contributed by atoms with Gasteiger partial charge in [0.2, 0.25) is 0 Å².